The summed E-state index contributed by atoms with van der Waals surface area (Å²) in [6.07, 6.45) is 0. The summed E-state index contributed by atoms with van der Waals surface area (Å²) in [4.78, 5) is 27.2. The maximum Gasteiger partial charge on any atom is 0.257 e. The van der Waals surface area contributed by atoms with Crippen LogP contribution in [0.15, 0.2) is 72.8 Å². The maximum absolute atomic E-state index is 12.8. The average Bonchev–Trinajstić information content (AvgIpc) is 3.52. The molecule has 0 spiro atoms. The molecule has 4 aromatic rings. The topological polar surface area (TPSA) is 84.4 Å². The molecule has 36 heavy (non-hydrogen) atoms. The van der Waals surface area contributed by atoms with Crippen LogP contribution in [0.1, 0.15) is 26.9 Å². The van der Waals surface area contributed by atoms with Crippen molar-refractivity contribution in [3.63, 3.8) is 0 Å². The highest BCUT2D eigenvalue weighted by atomic mass is 35.5. The van der Waals surface area contributed by atoms with E-state index in [0.717, 1.165) is 22.4 Å². The Hall–Kier alpha value is -3.40. The van der Waals surface area contributed by atoms with E-state index in [1.54, 1.807) is 31.0 Å². The molecule has 3 aromatic carbocycles. The van der Waals surface area contributed by atoms with Gasteiger partial charge in [-0.25, -0.2) is 0 Å². The SMILES string of the molecule is COc1ccc(-c2nnc(NC(=O)c3ccc(C4SCC(=O)N4Cc4ccc(Cl)cc4)cc3)s2)cc1. The number of carbonyl (C=O) groups is 2. The standard InChI is InChI=1S/C26H21ClN4O3S2/c1-34-21-12-8-18(9-13-21)24-29-30-26(36-24)28-23(33)17-4-6-19(7-5-17)25-31(22(32)15-35-25)14-16-2-10-20(27)11-3-16/h2-13,25H,14-15H2,1H3,(H,28,30,33). The molecule has 1 aromatic heterocycles. The van der Waals surface area contributed by atoms with Gasteiger partial charge in [0.25, 0.3) is 5.91 Å². The lowest BCUT2D eigenvalue weighted by Gasteiger charge is -2.24. The first-order chi connectivity index (χ1) is 17.5. The van der Waals surface area contributed by atoms with Crippen molar-refractivity contribution < 1.29 is 14.3 Å². The number of methoxy groups -OCH3 is 1. The summed E-state index contributed by atoms with van der Waals surface area (Å²) in [5.74, 6) is 1.00. The number of carbonyl (C=O) groups excluding carboxylic acids is 2. The molecule has 2 heterocycles. The van der Waals surface area contributed by atoms with Crippen molar-refractivity contribution in [2.75, 3.05) is 18.2 Å². The number of nitrogens with one attached hydrogen (secondary N) is 1. The molecule has 0 saturated carbocycles. The number of aromatic nitrogens is 2. The van der Waals surface area contributed by atoms with Crippen LogP contribution in [-0.4, -0.2) is 39.8 Å². The largest absolute Gasteiger partial charge is 0.497 e. The highest BCUT2D eigenvalue weighted by Gasteiger charge is 2.32. The second-order valence-corrected chi connectivity index (χ2v) is 10.5. The van der Waals surface area contributed by atoms with E-state index >= 15 is 0 Å². The Morgan fingerprint density at radius 1 is 1.06 bits per heavy atom. The molecule has 1 unspecified atom stereocenters. The molecule has 1 aliphatic rings. The first-order valence-electron chi connectivity index (χ1n) is 11.0. The van der Waals surface area contributed by atoms with Crippen molar-refractivity contribution in [1.29, 1.82) is 0 Å². The van der Waals surface area contributed by atoms with Gasteiger partial charge in [0, 0.05) is 22.7 Å². The average molecular weight is 537 g/mol. The smallest absolute Gasteiger partial charge is 0.257 e. The van der Waals surface area contributed by atoms with Crippen LogP contribution in [0.4, 0.5) is 5.13 Å². The lowest BCUT2D eigenvalue weighted by Crippen LogP contribution is -2.27. The van der Waals surface area contributed by atoms with Crippen LogP contribution >= 0.6 is 34.7 Å². The molecule has 0 aliphatic carbocycles. The second kappa shape index (κ2) is 10.7. The first-order valence-corrected chi connectivity index (χ1v) is 13.3. The number of hydrogen-bond acceptors (Lipinski definition) is 7. The van der Waals surface area contributed by atoms with Crippen LogP contribution in [0.25, 0.3) is 10.6 Å². The quantitative estimate of drug-likeness (QED) is 0.317. The van der Waals surface area contributed by atoms with E-state index in [9.17, 15) is 9.59 Å². The van der Waals surface area contributed by atoms with Crippen LogP contribution in [0.5, 0.6) is 5.75 Å². The van der Waals surface area contributed by atoms with Crippen molar-refractivity contribution >= 4 is 51.6 Å². The predicted octanol–water partition coefficient (Wildman–Crippen LogP) is 5.89. The number of nitrogens with zero attached hydrogens (tertiary/aromatic N) is 3. The minimum Gasteiger partial charge on any atom is -0.497 e. The lowest BCUT2D eigenvalue weighted by molar-refractivity contribution is -0.128. The molecule has 0 radical (unpaired) electrons. The first kappa shape index (κ1) is 24.3. The second-order valence-electron chi connectivity index (χ2n) is 8.03. The van der Waals surface area contributed by atoms with Crippen molar-refractivity contribution in [2.45, 2.75) is 11.9 Å². The van der Waals surface area contributed by atoms with Crippen LogP contribution in [0, 0.1) is 0 Å². The third kappa shape index (κ3) is 5.38. The molecule has 7 nitrogen and oxygen atoms in total. The number of benzene rings is 3. The third-order valence-corrected chi connectivity index (χ3v) is 8.07. The summed E-state index contributed by atoms with van der Waals surface area (Å²) in [6.45, 7) is 0.503. The predicted molar refractivity (Wildman–Crippen MR) is 143 cm³/mol. The molecule has 0 bridgehead atoms. The van der Waals surface area contributed by atoms with E-state index in [0.29, 0.717) is 33.0 Å². The van der Waals surface area contributed by atoms with Gasteiger partial charge in [0.2, 0.25) is 11.0 Å². The Morgan fingerprint density at radius 3 is 2.47 bits per heavy atom. The summed E-state index contributed by atoms with van der Waals surface area (Å²) in [6, 6.07) is 22.3. The van der Waals surface area contributed by atoms with Crippen molar-refractivity contribution in [3.05, 3.63) is 94.5 Å². The summed E-state index contributed by atoms with van der Waals surface area (Å²) >= 11 is 8.86. The van der Waals surface area contributed by atoms with Gasteiger partial charge < -0.3 is 9.64 Å². The van der Waals surface area contributed by atoms with Gasteiger partial charge in [0.15, 0.2) is 0 Å². The van der Waals surface area contributed by atoms with Crippen LogP contribution in [0.2, 0.25) is 5.02 Å². The van der Waals surface area contributed by atoms with Gasteiger partial charge in [-0.2, -0.15) is 0 Å². The number of rotatable bonds is 7. The maximum atomic E-state index is 12.8. The fourth-order valence-corrected chi connectivity index (χ4v) is 5.84. The fourth-order valence-electron chi connectivity index (χ4n) is 3.78. The summed E-state index contributed by atoms with van der Waals surface area (Å²) in [5.41, 5.74) is 3.37. The van der Waals surface area contributed by atoms with E-state index in [-0.39, 0.29) is 17.2 Å². The molecule has 1 aliphatic heterocycles. The zero-order valence-corrected chi connectivity index (χ0v) is 21.6. The van der Waals surface area contributed by atoms with Crippen LogP contribution in [-0.2, 0) is 11.3 Å². The molecule has 5 rings (SSSR count). The zero-order chi connectivity index (χ0) is 25.1. The Bertz CT molecular complexity index is 1380. The molecule has 1 N–H and O–H groups in total. The number of halogens is 1. The summed E-state index contributed by atoms with van der Waals surface area (Å²) in [7, 11) is 1.61. The minimum absolute atomic E-state index is 0.0886. The van der Waals surface area contributed by atoms with Gasteiger partial charge in [0.1, 0.15) is 16.1 Å². The summed E-state index contributed by atoms with van der Waals surface area (Å²) in [5, 5.41) is 12.8. The van der Waals surface area contributed by atoms with Crippen LogP contribution in [0.3, 0.4) is 0 Å². The Kier molecular flexibility index (Phi) is 7.22. The van der Waals surface area contributed by atoms with E-state index in [1.165, 1.54) is 11.3 Å². The van der Waals surface area contributed by atoms with Crippen molar-refractivity contribution in [3.8, 4) is 16.3 Å². The monoisotopic (exact) mass is 536 g/mol. The van der Waals surface area contributed by atoms with Gasteiger partial charge in [-0.05, 0) is 59.7 Å². The Labute approximate surface area is 221 Å². The molecule has 1 fully saturated rings. The van der Waals surface area contributed by atoms with E-state index < -0.39 is 0 Å². The van der Waals surface area contributed by atoms with Gasteiger partial charge in [-0.15, -0.1) is 22.0 Å². The minimum atomic E-state index is -0.271. The molecule has 1 atom stereocenters. The zero-order valence-electron chi connectivity index (χ0n) is 19.2. The third-order valence-electron chi connectivity index (χ3n) is 5.67. The number of hydrogen-bond donors (Lipinski definition) is 1. The molecule has 1 saturated heterocycles. The van der Waals surface area contributed by atoms with Crippen molar-refractivity contribution in [1.82, 2.24) is 15.1 Å². The van der Waals surface area contributed by atoms with Crippen LogP contribution < -0.4 is 10.1 Å². The van der Waals surface area contributed by atoms with Gasteiger partial charge in [-0.3, -0.25) is 14.9 Å². The van der Waals surface area contributed by atoms with Gasteiger partial charge in [-0.1, -0.05) is 47.2 Å². The van der Waals surface area contributed by atoms with Gasteiger partial charge >= 0.3 is 0 Å². The van der Waals surface area contributed by atoms with Crippen molar-refractivity contribution in [2.24, 2.45) is 0 Å². The number of amides is 2. The highest BCUT2D eigenvalue weighted by molar-refractivity contribution is 8.00. The Balaban J connectivity index is 1.25. The number of anilines is 1. The normalized spacial score (nSPS) is 15.2. The molecule has 2 amide bonds. The van der Waals surface area contributed by atoms with E-state index in [4.69, 9.17) is 16.3 Å². The number of thioether (sulfide) groups is 1. The summed E-state index contributed by atoms with van der Waals surface area (Å²) < 4.78 is 5.18. The van der Waals surface area contributed by atoms with E-state index in [1.807, 2.05) is 65.6 Å². The van der Waals surface area contributed by atoms with E-state index in [2.05, 4.69) is 15.5 Å². The molecule has 182 valence electrons. The Morgan fingerprint density at radius 2 is 1.78 bits per heavy atom. The van der Waals surface area contributed by atoms with Gasteiger partial charge in [0.05, 0.1) is 12.9 Å². The highest BCUT2D eigenvalue weighted by Crippen LogP contribution is 2.39. The number of ether oxygens (including phenoxy) is 1. The molecule has 10 heteroatoms. The fraction of sp³-hybridized carbons (Fsp3) is 0.154. The molecular weight excluding hydrogens is 516 g/mol. The molecular formula is C26H21ClN4O3S2. The lowest BCUT2D eigenvalue weighted by atomic mass is 10.1.